The molecular formula is C12H14N2O4. The Kier molecular flexibility index (Phi) is 3.18. The number of methoxy groups -OCH3 is 1. The lowest BCUT2D eigenvalue weighted by molar-refractivity contribution is -0.384. The number of benzene rings is 1. The summed E-state index contributed by atoms with van der Waals surface area (Å²) in [4.78, 5) is 23.8. The highest BCUT2D eigenvalue weighted by Gasteiger charge is 2.29. The van der Waals surface area contributed by atoms with E-state index in [1.165, 1.54) is 18.1 Å². The molecule has 1 heterocycles. The molecule has 0 aliphatic carbocycles. The summed E-state index contributed by atoms with van der Waals surface area (Å²) in [7, 11) is 3.09. The van der Waals surface area contributed by atoms with E-state index in [-0.39, 0.29) is 11.6 Å². The molecule has 1 aliphatic heterocycles. The molecule has 0 fully saturated rings. The summed E-state index contributed by atoms with van der Waals surface area (Å²) in [6.07, 6.45) is 1.68. The maximum absolute atomic E-state index is 11.8. The number of fused-ring (bicyclic) bond motifs is 1. The second-order valence-corrected chi connectivity index (χ2v) is 4.18. The van der Waals surface area contributed by atoms with Crippen molar-refractivity contribution in [2.45, 2.75) is 19.3 Å². The lowest BCUT2D eigenvalue weighted by atomic mass is 10.0. The number of carbonyl (C=O) groups is 1. The number of nitrogens with zero attached hydrogens (tertiary/aromatic N) is 2. The van der Waals surface area contributed by atoms with E-state index in [9.17, 15) is 14.9 Å². The molecule has 0 radical (unpaired) electrons. The molecular weight excluding hydrogens is 236 g/mol. The van der Waals surface area contributed by atoms with Crippen LogP contribution in [0.15, 0.2) is 12.1 Å². The molecule has 18 heavy (non-hydrogen) atoms. The number of nitro benzene ring substituents is 1. The summed E-state index contributed by atoms with van der Waals surface area (Å²) in [6.45, 7) is 0. The normalized spacial score (nSPS) is 15.0. The number of anilines is 1. The largest absolute Gasteiger partial charge is 0.496 e. The molecule has 0 aromatic heterocycles. The van der Waals surface area contributed by atoms with Crippen LogP contribution in [-0.4, -0.2) is 25.0 Å². The van der Waals surface area contributed by atoms with Gasteiger partial charge in [-0.3, -0.25) is 14.9 Å². The summed E-state index contributed by atoms with van der Waals surface area (Å²) in [5.41, 5.74) is 1.05. The third-order valence-electron chi connectivity index (χ3n) is 3.16. The van der Waals surface area contributed by atoms with E-state index in [0.717, 1.165) is 5.56 Å². The Morgan fingerprint density at radius 1 is 1.39 bits per heavy atom. The predicted molar refractivity (Wildman–Crippen MR) is 66.0 cm³/mol. The van der Waals surface area contributed by atoms with Crippen LogP contribution in [0.3, 0.4) is 0 Å². The summed E-state index contributed by atoms with van der Waals surface area (Å²) < 4.78 is 5.23. The highest BCUT2D eigenvalue weighted by Crippen LogP contribution is 2.40. The number of rotatable bonds is 2. The fraction of sp³-hybridized carbons (Fsp3) is 0.417. The molecule has 0 saturated carbocycles. The maximum atomic E-state index is 11.8. The minimum absolute atomic E-state index is 0.0523. The molecule has 96 valence electrons. The molecule has 0 bridgehead atoms. The Labute approximate surface area is 104 Å². The first-order chi connectivity index (χ1) is 8.56. The van der Waals surface area contributed by atoms with Crippen LogP contribution in [0.4, 0.5) is 11.4 Å². The van der Waals surface area contributed by atoms with E-state index in [1.54, 1.807) is 13.1 Å². The second kappa shape index (κ2) is 4.64. The minimum Gasteiger partial charge on any atom is -0.496 e. The van der Waals surface area contributed by atoms with Crippen molar-refractivity contribution in [3.8, 4) is 5.75 Å². The molecule has 1 amide bonds. The summed E-state index contributed by atoms with van der Waals surface area (Å²) in [5.74, 6) is 0.488. The smallest absolute Gasteiger partial charge is 0.293 e. The van der Waals surface area contributed by atoms with E-state index in [2.05, 4.69) is 0 Å². The quantitative estimate of drug-likeness (QED) is 0.593. The number of carbonyl (C=O) groups excluding carboxylic acids is 1. The van der Waals surface area contributed by atoms with Gasteiger partial charge < -0.3 is 9.64 Å². The molecule has 6 nitrogen and oxygen atoms in total. The van der Waals surface area contributed by atoms with Gasteiger partial charge in [0.1, 0.15) is 11.4 Å². The Morgan fingerprint density at radius 3 is 2.72 bits per heavy atom. The van der Waals surface area contributed by atoms with Gasteiger partial charge in [-0.25, -0.2) is 0 Å². The highest BCUT2D eigenvalue weighted by atomic mass is 16.6. The first kappa shape index (κ1) is 12.3. The van der Waals surface area contributed by atoms with Gasteiger partial charge in [0.05, 0.1) is 12.0 Å². The van der Waals surface area contributed by atoms with Gasteiger partial charge in [0, 0.05) is 25.1 Å². The van der Waals surface area contributed by atoms with Crippen molar-refractivity contribution in [1.82, 2.24) is 0 Å². The average molecular weight is 250 g/mol. The van der Waals surface area contributed by atoms with Crippen LogP contribution < -0.4 is 9.64 Å². The van der Waals surface area contributed by atoms with Crippen LogP contribution >= 0.6 is 0 Å². The van der Waals surface area contributed by atoms with Crippen molar-refractivity contribution in [3.05, 3.63) is 27.8 Å². The Morgan fingerprint density at radius 2 is 2.11 bits per heavy atom. The van der Waals surface area contributed by atoms with Crippen molar-refractivity contribution in [3.63, 3.8) is 0 Å². The fourth-order valence-electron chi connectivity index (χ4n) is 2.27. The standard InChI is InChI=1S/C12H14N2O4/c1-13-11(15)5-3-4-8-10(18-2)7-6-9(12(8)13)14(16)17/h6-7H,3-5H2,1-2H3. The molecule has 0 N–H and O–H groups in total. The molecule has 0 atom stereocenters. The summed E-state index contributed by atoms with van der Waals surface area (Å²) >= 11 is 0. The molecule has 2 rings (SSSR count). The van der Waals surface area contributed by atoms with E-state index in [1.807, 2.05) is 0 Å². The van der Waals surface area contributed by atoms with Crippen molar-refractivity contribution < 1.29 is 14.5 Å². The van der Waals surface area contributed by atoms with Crippen molar-refractivity contribution in [2.24, 2.45) is 0 Å². The van der Waals surface area contributed by atoms with E-state index < -0.39 is 4.92 Å². The third-order valence-corrected chi connectivity index (χ3v) is 3.16. The first-order valence-electron chi connectivity index (χ1n) is 5.67. The SMILES string of the molecule is COc1ccc([N+](=O)[O-])c2c1CCCC(=O)N2C. The number of ether oxygens (including phenoxy) is 1. The fourth-order valence-corrected chi connectivity index (χ4v) is 2.27. The van der Waals surface area contributed by atoms with Gasteiger partial charge in [0.25, 0.3) is 5.69 Å². The van der Waals surface area contributed by atoms with Gasteiger partial charge in [0.15, 0.2) is 0 Å². The van der Waals surface area contributed by atoms with Gasteiger partial charge in [-0.2, -0.15) is 0 Å². The summed E-state index contributed by atoms with van der Waals surface area (Å²) in [5, 5.41) is 11.1. The first-order valence-corrected chi connectivity index (χ1v) is 5.67. The molecule has 0 unspecified atom stereocenters. The van der Waals surface area contributed by atoms with Crippen molar-refractivity contribution in [1.29, 1.82) is 0 Å². The number of nitro groups is 1. The molecule has 0 spiro atoms. The van der Waals surface area contributed by atoms with Crippen molar-refractivity contribution >= 4 is 17.3 Å². The minimum atomic E-state index is -0.465. The number of amides is 1. The lowest BCUT2D eigenvalue weighted by Gasteiger charge is -2.18. The summed E-state index contributed by atoms with van der Waals surface area (Å²) in [6, 6.07) is 2.97. The Balaban J connectivity index is 2.69. The molecule has 1 aromatic rings. The van der Waals surface area contributed by atoms with Gasteiger partial charge in [-0.1, -0.05) is 0 Å². The van der Waals surface area contributed by atoms with Crippen LogP contribution in [0.5, 0.6) is 5.75 Å². The Bertz CT molecular complexity index is 513. The van der Waals surface area contributed by atoms with E-state index >= 15 is 0 Å². The molecule has 0 saturated heterocycles. The van der Waals surface area contributed by atoms with Crippen LogP contribution in [0.25, 0.3) is 0 Å². The van der Waals surface area contributed by atoms with E-state index in [4.69, 9.17) is 4.74 Å². The topological polar surface area (TPSA) is 72.7 Å². The zero-order valence-corrected chi connectivity index (χ0v) is 10.3. The highest BCUT2D eigenvalue weighted by molar-refractivity contribution is 5.97. The Hall–Kier alpha value is -2.11. The van der Waals surface area contributed by atoms with Gasteiger partial charge in [-0.15, -0.1) is 0 Å². The second-order valence-electron chi connectivity index (χ2n) is 4.18. The molecule has 1 aliphatic rings. The zero-order valence-electron chi connectivity index (χ0n) is 10.3. The van der Waals surface area contributed by atoms with Gasteiger partial charge >= 0.3 is 0 Å². The van der Waals surface area contributed by atoms with Crippen LogP contribution in [0.2, 0.25) is 0 Å². The predicted octanol–water partition coefficient (Wildman–Crippen LogP) is 1.90. The van der Waals surface area contributed by atoms with Gasteiger partial charge in [0.2, 0.25) is 5.91 Å². The number of hydrogen-bond acceptors (Lipinski definition) is 4. The monoisotopic (exact) mass is 250 g/mol. The van der Waals surface area contributed by atoms with E-state index in [0.29, 0.717) is 30.7 Å². The molecule has 6 heteroatoms. The molecule has 1 aromatic carbocycles. The maximum Gasteiger partial charge on any atom is 0.293 e. The average Bonchev–Trinajstić information content (AvgIpc) is 2.49. The van der Waals surface area contributed by atoms with Crippen LogP contribution in [0.1, 0.15) is 18.4 Å². The van der Waals surface area contributed by atoms with Gasteiger partial charge in [-0.05, 0) is 18.9 Å². The van der Waals surface area contributed by atoms with Crippen LogP contribution in [-0.2, 0) is 11.2 Å². The van der Waals surface area contributed by atoms with Crippen molar-refractivity contribution in [2.75, 3.05) is 19.1 Å². The van der Waals surface area contributed by atoms with Crippen LogP contribution in [0, 0.1) is 10.1 Å². The lowest BCUT2D eigenvalue weighted by Crippen LogP contribution is -2.26. The zero-order chi connectivity index (χ0) is 13.3. The third kappa shape index (κ3) is 1.90. The number of hydrogen-bond donors (Lipinski definition) is 0.